The third kappa shape index (κ3) is 8.89. The molecule has 15 aromatic rings. The van der Waals surface area contributed by atoms with Crippen LogP contribution in [0.2, 0.25) is 0 Å². The lowest BCUT2D eigenvalue weighted by atomic mass is 9.94. The van der Waals surface area contributed by atoms with Crippen molar-refractivity contribution < 1.29 is 13.2 Å². The molecule has 15 rings (SSSR count). The van der Waals surface area contributed by atoms with Gasteiger partial charge in [0.25, 0.3) is 0 Å². The first-order chi connectivity index (χ1) is 41.3. The second kappa shape index (κ2) is 20.5. The van der Waals surface area contributed by atoms with Crippen molar-refractivity contribution in [3.8, 4) is 101 Å². The fourth-order valence-electron chi connectivity index (χ4n) is 12.1. The summed E-state index contributed by atoms with van der Waals surface area (Å²) in [5, 5.41) is 3.56. The summed E-state index contributed by atoms with van der Waals surface area (Å²) < 4.78 is 55.1. The largest absolute Gasteiger partial charge is 0.419 e. The Hall–Kier alpha value is -11.0. The molecule has 84 heavy (non-hydrogen) atoms. The molecule has 0 bridgehead atoms. The quantitative estimate of drug-likeness (QED) is 0.137. The molecule has 0 radical (unpaired) electrons. The average molecular weight is 1090 g/mol. The predicted octanol–water partition coefficient (Wildman–Crippen LogP) is 20.4. The molecule has 5 nitrogen and oxygen atoms in total. The number of halogens is 3. The normalized spacial score (nSPS) is 11.8. The molecule has 3 aromatic heterocycles. The van der Waals surface area contributed by atoms with Crippen molar-refractivity contribution in [2.75, 3.05) is 0 Å². The van der Waals surface area contributed by atoms with Crippen LogP contribution < -0.4 is 0 Å². The van der Waals surface area contributed by atoms with Gasteiger partial charge in [-0.25, -0.2) is 15.0 Å². The molecule has 8 heteroatoms. The molecule has 0 aliphatic heterocycles. The zero-order valence-electron chi connectivity index (χ0n) is 45.1. The minimum atomic E-state index is -4.85. The highest BCUT2D eigenvalue weighted by atomic mass is 19.4. The Morgan fingerprint density at radius 1 is 0.238 bits per heavy atom. The summed E-state index contributed by atoms with van der Waals surface area (Å²) in [5.41, 5.74) is 13.3. The second-order valence-corrected chi connectivity index (χ2v) is 21.0. The van der Waals surface area contributed by atoms with Crippen LogP contribution >= 0.6 is 0 Å². The first-order valence-corrected chi connectivity index (χ1v) is 27.9. The van der Waals surface area contributed by atoms with E-state index in [2.05, 4.69) is 102 Å². The summed E-state index contributed by atoms with van der Waals surface area (Å²) in [6.45, 7) is 0. The van der Waals surface area contributed by atoms with Gasteiger partial charge in [0.2, 0.25) is 0 Å². The van der Waals surface area contributed by atoms with Gasteiger partial charge in [-0.15, -0.1) is 0 Å². The van der Waals surface area contributed by atoms with Gasteiger partial charge in [-0.2, -0.15) is 13.2 Å². The lowest BCUT2D eigenvalue weighted by Crippen LogP contribution is -2.13. The smallest absolute Gasteiger partial charge is 0.309 e. The van der Waals surface area contributed by atoms with Crippen LogP contribution in [0.5, 0.6) is 0 Å². The van der Waals surface area contributed by atoms with E-state index in [9.17, 15) is 0 Å². The van der Waals surface area contributed by atoms with Crippen LogP contribution in [0.15, 0.2) is 291 Å². The summed E-state index contributed by atoms with van der Waals surface area (Å²) in [7, 11) is 0. The Balaban J connectivity index is 1.02. The minimum Gasteiger partial charge on any atom is -0.309 e. The van der Waals surface area contributed by atoms with Gasteiger partial charge in [-0.1, -0.05) is 231 Å². The molecule has 0 fully saturated rings. The van der Waals surface area contributed by atoms with Crippen LogP contribution in [-0.2, 0) is 6.18 Å². The Labute approximate surface area is 482 Å². The number of hydrogen-bond acceptors (Lipinski definition) is 3. The van der Waals surface area contributed by atoms with Crippen LogP contribution in [-0.4, -0.2) is 24.1 Å². The molecule has 0 N–H and O–H groups in total. The second-order valence-electron chi connectivity index (χ2n) is 21.0. The van der Waals surface area contributed by atoms with Gasteiger partial charge in [-0.05, 0) is 111 Å². The van der Waals surface area contributed by atoms with Gasteiger partial charge >= 0.3 is 6.18 Å². The number of aromatic nitrogens is 5. The fourth-order valence-corrected chi connectivity index (χ4v) is 12.1. The van der Waals surface area contributed by atoms with Gasteiger partial charge in [0, 0.05) is 43.8 Å². The van der Waals surface area contributed by atoms with Crippen LogP contribution in [0.1, 0.15) is 5.56 Å². The predicted molar refractivity (Wildman–Crippen MR) is 337 cm³/mol. The number of benzene rings is 12. The van der Waals surface area contributed by atoms with Crippen molar-refractivity contribution in [3.63, 3.8) is 0 Å². The lowest BCUT2D eigenvalue weighted by molar-refractivity contribution is -0.136. The summed E-state index contributed by atoms with van der Waals surface area (Å²) in [4.78, 5) is 15.3. The molecular formula is C76H48F3N5. The monoisotopic (exact) mass is 1090 g/mol. The van der Waals surface area contributed by atoms with Crippen molar-refractivity contribution in [2.24, 2.45) is 0 Å². The molecule has 398 valence electrons. The molecule has 12 aromatic carbocycles. The Morgan fingerprint density at radius 2 is 0.548 bits per heavy atom. The fraction of sp³-hybridized carbons (Fsp3) is 0.0132. The summed E-state index contributed by atoms with van der Waals surface area (Å²) in [6.07, 6.45) is -4.85. The van der Waals surface area contributed by atoms with Gasteiger partial charge in [0.15, 0.2) is 17.5 Å². The molecule has 0 aliphatic rings. The SMILES string of the molecule is FC(F)(F)c1c(-c2ccc(-c3nc(-c4ccccc4)nc(-c4ccccc4)n3)cc2-n2c3ccc(-c4ccccc4)cc3c3cc(-c4ccccc4)ccc32)cccc1-n1c2ccc(-c3ccccc3)cc2c2cc(-c3ccccc3)ccc21. The molecule has 0 aliphatic carbocycles. The van der Waals surface area contributed by atoms with Gasteiger partial charge in [-0.3, -0.25) is 0 Å². The summed E-state index contributed by atoms with van der Waals surface area (Å²) in [6, 6.07) is 95.6. The van der Waals surface area contributed by atoms with Crippen molar-refractivity contribution in [1.82, 2.24) is 24.1 Å². The van der Waals surface area contributed by atoms with E-state index in [1.807, 2.05) is 176 Å². The maximum Gasteiger partial charge on any atom is 0.419 e. The van der Waals surface area contributed by atoms with Crippen LogP contribution in [0.4, 0.5) is 13.2 Å². The Bertz CT molecular complexity index is 4710. The zero-order valence-corrected chi connectivity index (χ0v) is 45.1. The number of hydrogen-bond donors (Lipinski definition) is 0. The number of alkyl halides is 3. The average Bonchev–Trinajstić information content (AvgIpc) is 2.02. The van der Waals surface area contributed by atoms with E-state index >= 15 is 13.2 Å². The van der Waals surface area contributed by atoms with Gasteiger partial charge < -0.3 is 9.13 Å². The van der Waals surface area contributed by atoms with Crippen LogP contribution in [0.3, 0.4) is 0 Å². The minimum absolute atomic E-state index is 0.00893. The zero-order chi connectivity index (χ0) is 56.3. The lowest BCUT2D eigenvalue weighted by Gasteiger charge is -2.22. The Kier molecular flexibility index (Phi) is 12.2. The highest BCUT2D eigenvalue weighted by Crippen LogP contribution is 2.48. The molecule has 0 spiro atoms. The van der Waals surface area contributed by atoms with Crippen molar-refractivity contribution in [1.29, 1.82) is 0 Å². The van der Waals surface area contributed by atoms with E-state index in [-0.39, 0.29) is 11.3 Å². The van der Waals surface area contributed by atoms with E-state index in [1.54, 1.807) is 22.8 Å². The Morgan fingerprint density at radius 3 is 0.893 bits per heavy atom. The molecule has 3 heterocycles. The molecule has 0 atom stereocenters. The first kappa shape index (κ1) is 50.0. The van der Waals surface area contributed by atoms with Crippen LogP contribution in [0, 0.1) is 0 Å². The highest BCUT2D eigenvalue weighted by Gasteiger charge is 2.39. The van der Waals surface area contributed by atoms with Gasteiger partial charge in [0.05, 0.1) is 39.0 Å². The molecule has 0 saturated heterocycles. The third-order valence-electron chi connectivity index (χ3n) is 16.0. The number of rotatable bonds is 10. The van der Waals surface area contributed by atoms with Gasteiger partial charge in [0.1, 0.15) is 0 Å². The third-order valence-corrected chi connectivity index (χ3v) is 16.0. The highest BCUT2D eigenvalue weighted by molar-refractivity contribution is 6.14. The maximum absolute atomic E-state index is 17.1. The van der Waals surface area contributed by atoms with E-state index in [1.165, 1.54) is 0 Å². The molecule has 0 amide bonds. The molecule has 0 saturated carbocycles. The van der Waals surface area contributed by atoms with Crippen LogP contribution in [0.25, 0.3) is 145 Å². The van der Waals surface area contributed by atoms with Crippen molar-refractivity contribution in [2.45, 2.75) is 6.18 Å². The maximum atomic E-state index is 17.1. The molecule has 0 unspecified atom stereocenters. The number of fused-ring (bicyclic) bond motifs is 6. The van der Waals surface area contributed by atoms with E-state index in [4.69, 9.17) is 15.0 Å². The standard InChI is InChI=1S/C76H48F3N5/c77-76(78,79)72-61(32-19-33-70(72)83-66-40-35-55(49-20-7-1-8-21-49)44-62(66)63-45-56(36-41-67(63)83)50-22-9-2-10-23-50)60-39-34-59(75-81-73(53-28-15-5-16-29-53)80-74(82-75)54-30-17-6-18-31-54)48-71(60)84-68-42-37-57(51-24-11-3-12-25-51)46-64(68)65-47-58(38-43-69(65)84)52-26-13-4-14-27-52/h1-48H. The van der Waals surface area contributed by atoms with E-state index < -0.39 is 11.7 Å². The van der Waals surface area contributed by atoms with E-state index in [0.717, 1.165) is 88.2 Å². The first-order valence-electron chi connectivity index (χ1n) is 27.9. The van der Waals surface area contributed by atoms with E-state index in [0.29, 0.717) is 45.3 Å². The summed E-state index contributed by atoms with van der Waals surface area (Å²) in [5.74, 6) is 1.30. The number of nitrogens with zero attached hydrogens (tertiary/aromatic N) is 5. The molecular weight excluding hydrogens is 1040 g/mol. The summed E-state index contributed by atoms with van der Waals surface area (Å²) >= 11 is 0. The topological polar surface area (TPSA) is 48.5 Å². The van der Waals surface area contributed by atoms with Crippen molar-refractivity contribution >= 4 is 43.6 Å². The van der Waals surface area contributed by atoms with Crippen molar-refractivity contribution in [3.05, 3.63) is 297 Å².